The fourth-order valence-corrected chi connectivity index (χ4v) is 4.73. The highest BCUT2D eigenvalue weighted by Gasteiger charge is 2.35. The Kier molecular flexibility index (Phi) is 5.71. The number of fused-ring (bicyclic) bond motifs is 1. The molecule has 5 heteroatoms. The summed E-state index contributed by atoms with van der Waals surface area (Å²) in [4.78, 5) is 19.3. The summed E-state index contributed by atoms with van der Waals surface area (Å²) < 4.78 is 16.6. The van der Waals surface area contributed by atoms with Crippen LogP contribution >= 0.6 is 0 Å². The second-order valence-corrected chi connectivity index (χ2v) is 8.95. The molecule has 0 saturated carbocycles. The van der Waals surface area contributed by atoms with Crippen LogP contribution in [-0.4, -0.2) is 22.0 Å². The standard InChI is InChI=1S/C28H28FN3O/c1-3-19(2)21-14-12-20(13-15-21)17-32-26-11-7-5-9-24(26)30-28(32)22-16-27(33)31(18-22)25-10-6-4-8-23(25)29/h4-15,19,22H,3,16-18H2,1-2H3. The van der Waals surface area contributed by atoms with Crippen LogP contribution in [0.4, 0.5) is 10.1 Å². The van der Waals surface area contributed by atoms with Crippen molar-refractivity contribution in [2.75, 3.05) is 11.4 Å². The number of hydrogen-bond acceptors (Lipinski definition) is 2. The van der Waals surface area contributed by atoms with Gasteiger partial charge in [0.05, 0.1) is 16.7 Å². The molecule has 1 aliphatic heterocycles. The fraction of sp³-hybridized carbons (Fsp3) is 0.286. The van der Waals surface area contributed by atoms with Crippen molar-refractivity contribution < 1.29 is 9.18 Å². The third kappa shape index (κ3) is 4.04. The molecule has 0 spiro atoms. The van der Waals surface area contributed by atoms with E-state index in [1.165, 1.54) is 17.2 Å². The highest BCUT2D eigenvalue weighted by Crippen LogP contribution is 2.34. The maximum atomic E-state index is 14.4. The average Bonchev–Trinajstić information content (AvgIpc) is 3.40. The largest absolute Gasteiger partial charge is 0.323 e. The summed E-state index contributed by atoms with van der Waals surface area (Å²) >= 11 is 0. The number of imidazole rings is 1. The minimum Gasteiger partial charge on any atom is -0.323 e. The molecule has 1 amide bonds. The predicted molar refractivity (Wildman–Crippen MR) is 130 cm³/mol. The van der Waals surface area contributed by atoms with Gasteiger partial charge in [-0.3, -0.25) is 4.79 Å². The van der Waals surface area contributed by atoms with Gasteiger partial charge in [-0.05, 0) is 47.7 Å². The summed E-state index contributed by atoms with van der Waals surface area (Å²) in [5.41, 5.74) is 4.85. The van der Waals surface area contributed by atoms with Gasteiger partial charge in [-0.2, -0.15) is 0 Å². The summed E-state index contributed by atoms with van der Waals surface area (Å²) in [5, 5.41) is 0. The van der Waals surface area contributed by atoms with Crippen LogP contribution in [0.15, 0.2) is 72.8 Å². The normalized spacial score (nSPS) is 17.1. The first-order valence-corrected chi connectivity index (χ1v) is 11.6. The lowest BCUT2D eigenvalue weighted by Crippen LogP contribution is -2.25. The van der Waals surface area contributed by atoms with Crippen LogP contribution in [-0.2, 0) is 11.3 Å². The lowest BCUT2D eigenvalue weighted by molar-refractivity contribution is -0.117. The van der Waals surface area contributed by atoms with E-state index in [0.29, 0.717) is 31.1 Å². The van der Waals surface area contributed by atoms with Gasteiger partial charge in [-0.25, -0.2) is 9.37 Å². The number of benzene rings is 3. The van der Waals surface area contributed by atoms with E-state index >= 15 is 0 Å². The van der Waals surface area contributed by atoms with Gasteiger partial charge < -0.3 is 9.47 Å². The maximum Gasteiger partial charge on any atom is 0.227 e. The van der Waals surface area contributed by atoms with E-state index in [1.807, 2.05) is 18.2 Å². The van der Waals surface area contributed by atoms with E-state index in [9.17, 15) is 9.18 Å². The molecule has 2 atom stereocenters. The quantitative estimate of drug-likeness (QED) is 0.354. The van der Waals surface area contributed by atoms with E-state index < -0.39 is 0 Å². The number of halogens is 1. The van der Waals surface area contributed by atoms with Crippen molar-refractivity contribution in [3.8, 4) is 0 Å². The van der Waals surface area contributed by atoms with Gasteiger partial charge in [0.1, 0.15) is 11.6 Å². The number of carbonyl (C=O) groups excluding carboxylic acids is 1. The molecule has 4 aromatic rings. The van der Waals surface area contributed by atoms with Crippen LogP contribution in [0.1, 0.15) is 55.5 Å². The third-order valence-electron chi connectivity index (χ3n) is 6.82. The number of amides is 1. The number of rotatable bonds is 6. The Labute approximate surface area is 193 Å². The van der Waals surface area contributed by atoms with Crippen LogP contribution in [0.25, 0.3) is 11.0 Å². The van der Waals surface area contributed by atoms with Crippen molar-refractivity contribution in [1.29, 1.82) is 0 Å². The molecule has 1 saturated heterocycles. The molecule has 2 unspecified atom stereocenters. The van der Waals surface area contributed by atoms with Crippen LogP contribution in [0.3, 0.4) is 0 Å². The first-order chi connectivity index (χ1) is 16.0. The monoisotopic (exact) mass is 441 g/mol. The lowest BCUT2D eigenvalue weighted by atomic mass is 9.97. The minimum atomic E-state index is -0.374. The van der Waals surface area contributed by atoms with Gasteiger partial charge in [0.2, 0.25) is 5.91 Å². The topological polar surface area (TPSA) is 38.1 Å². The van der Waals surface area contributed by atoms with Gasteiger partial charge in [0.15, 0.2) is 0 Å². The molecular weight excluding hydrogens is 413 g/mol. The Balaban J connectivity index is 1.49. The number of para-hydroxylation sites is 3. The highest BCUT2D eigenvalue weighted by atomic mass is 19.1. The molecule has 1 fully saturated rings. The molecule has 5 rings (SSSR count). The number of anilines is 1. The third-order valence-corrected chi connectivity index (χ3v) is 6.82. The number of nitrogens with zero attached hydrogens (tertiary/aromatic N) is 3. The van der Waals surface area contributed by atoms with Gasteiger partial charge in [0.25, 0.3) is 0 Å². The molecule has 3 aromatic carbocycles. The first kappa shape index (κ1) is 21.4. The number of carbonyl (C=O) groups is 1. The maximum absolute atomic E-state index is 14.4. The second kappa shape index (κ2) is 8.81. The Morgan fingerprint density at radius 2 is 1.76 bits per heavy atom. The van der Waals surface area contributed by atoms with E-state index in [0.717, 1.165) is 23.3 Å². The van der Waals surface area contributed by atoms with Gasteiger partial charge >= 0.3 is 0 Å². The van der Waals surface area contributed by atoms with Crippen molar-refractivity contribution >= 4 is 22.6 Å². The highest BCUT2D eigenvalue weighted by molar-refractivity contribution is 5.96. The van der Waals surface area contributed by atoms with Gasteiger partial charge in [-0.1, -0.05) is 62.4 Å². The Morgan fingerprint density at radius 3 is 2.52 bits per heavy atom. The van der Waals surface area contributed by atoms with E-state index in [-0.39, 0.29) is 17.6 Å². The zero-order valence-corrected chi connectivity index (χ0v) is 19.0. The predicted octanol–water partition coefficient (Wildman–Crippen LogP) is 6.26. The second-order valence-electron chi connectivity index (χ2n) is 8.95. The van der Waals surface area contributed by atoms with Crippen LogP contribution in [0.2, 0.25) is 0 Å². The molecular formula is C28H28FN3O. The SMILES string of the molecule is CCC(C)c1ccc(Cn2c(C3CC(=O)N(c4ccccc4F)C3)nc3ccccc32)cc1. The first-order valence-electron chi connectivity index (χ1n) is 11.6. The Bertz CT molecular complexity index is 1290. The molecule has 33 heavy (non-hydrogen) atoms. The van der Waals surface area contributed by atoms with Crippen LogP contribution < -0.4 is 4.90 Å². The smallest absolute Gasteiger partial charge is 0.227 e. The van der Waals surface area contributed by atoms with E-state index in [2.05, 4.69) is 48.7 Å². The van der Waals surface area contributed by atoms with Crippen molar-refractivity contribution in [1.82, 2.24) is 9.55 Å². The summed E-state index contributed by atoms with van der Waals surface area (Å²) in [6.45, 7) is 5.56. The number of hydrogen-bond donors (Lipinski definition) is 0. The van der Waals surface area contributed by atoms with E-state index in [1.54, 1.807) is 23.1 Å². The van der Waals surface area contributed by atoms with Gasteiger partial charge in [-0.15, -0.1) is 0 Å². The molecule has 2 heterocycles. The number of aromatic nitrogens is 2. The molecule has 4 nitrogen and oxygen atoms in total. The van der Waals surface area contributed by atoms with Crippen molar-refractivity contribution in [2.24, 2.45) is 0 Å². The van der Waals surface area contributed by atoms with Crippen molar-refractivity contribution in [3.05, 3.63) is 95.6 Å². The molecule has 0 N–H and O–H groups in total. The lowest BCUT2D eigenvalue weighted by Gasteiger charge is -2.18. The zero-order valence-electron chi connectivity index (χ0n) is 19.0. The molecule has 1 aromatic heterocycles. The van der Waals surface area contributed by atoms with E-state index in [4.69, 9.17) is 4.98 Å². The fourth-order valence-electron chi connectivity index (χ4n) is 4.73. The summed E-state index contributed by atoms with van der Waals surface area (Å²) in [5.74, 6) is 0.888. The Hall–Kier alpha value is -3.47. The molecule has 0 aliphatic carbocycles. The molecule has 1 aliphatic rings. The van der Waals surface area contributed by atoms with Crippen LogP contribution in [0.5, 0.6) is 0 Å². The minimum absolute atomic E-state index is 0.0680. The van der Waals surface area contributed by atoms with Crippen molar-refractivity contribution in [2.45, 2.75) is 45.1 Å². The summed E-state index contributed by atoms with van der Waals surface area (Å²) in [7, 11) is 0. The van der Waals surface area contributed by atoms with Crippen LogP contribution in [0, 0.1) is 5.82 Å². The molecule has 168 valence electrons. The zero-order chi connectivity index (χ0) is 22.9. The summed E-state index contributed by atoms with van der Waals surface area (Å²) in [6.07, 6.45) is 1.44. The average molecular weight is 442 g/mol. The molecule has 0 radical (unpaired) electrons. The van der Waals surface area contributed by atoms with Crippen molar-refractivity contribution in [3.63, 3.8) is 0 Å². The molecule has 0 bridgehead atoms. The van der Waals surface area contributed by atoms with Gasteiger partial charge in [0, 0.05) is 25.4 Å². The summed E-state index contributed by atoms with van der Waals surface area (Å²) in [6, 6.07) is 23.3. The Morgan fingerprint density at radius 1 is 1.03 bits per heavy atom.